The highest BCUT2D eigenvalue weighted by molar-refractivity contribution is 5.96. The zero-order valence-corrected chi connectivity index (χ0v) is 14.1. The summed E-state index contributed by atoms with van der Waals surface area (Å²) in [6.45, 7) is 6.27. The molecule has 0 heterocycles. The third-order valence-electron chi connectivity index (χ3n) is 3.94. The van der Waals surface area contributed by atoms with Gasteiger partial charge in [0.2, 0.25) is 5.91 Å². The summed E-state index contributed by atoms with van der Waals surface area (Å²) in [5, 5.41) is 15.2. The van der Waals surface area contributed by atoms with Gasteiger partial charge in [-0.15, -0.1) is 0 Å². The molecule has 1 unspecified atom stereocenters. The van der Waals surface area contributed by atoms with Crippen LogP contribution in [0, 0.1) is 11.3 Å². The Kier molecular flexibility index (Phi) is 5.42. The van der Waals surface area contributed by atoms with Crippen LogP contribution in [0.25, 0.3) is 0 Å². The summed E-state index contributed by atoms with van der Waals surface area (Å²) < 4.78 is 0. The number of aliphatic hydroxyl groups is 1. The average molecular weight is 318 g/mol. The molecule has 5 nitrogen and oxygen atoms in total. The maximum atomic E-state index is 12.2. The molecular weight excluding hydrogens is 292 g/mol. The molecule has 0 radical (unpaired) electrons. The van der Waals surface area contributed by atoms with Gasteiger partial charge in [0.05, 0.1) is 6.10 Å². The number of rotatable bonds is 7. The molecule has 0 saturated heterocycles. The van der Waals surface area contributed by atoms with E-state index < -0.39 is 6.10 Å². The number of carbonyl (C=O) groups excluding carboxylic acids is 2. The number of aliphatic hydroxyl groups excluding tert-OH is 1. The lowest BCUT2D eigenvalue weighted by Crippen LogP contribution is -2.35. The Balaban J connectivity index is 1.86. The quantitative estimate of drug-likeness (QED) is 0.723. The van der Waals surface area contributed by atoms with Crippen molar-refractivity contribution in [3.8, 4) is 0 Å². The molecule has 0 aromatic heterocycles. The van der Waals surface area contributed by atoms with Crippen LogP contribution in [0.4, 0.5) is 5.69 Å². The zero-order valence-electron chi connectivity index (χ0n) is 14.1. The Labute approximate surface area is 137 Å². The van der Waals surface area contributed by atoms with E-state index in [0.29, 0.717) is 24.2 Å². The van der Waals surface area contributed by atoms with Crippen molar-refractivity contribution in [2.45, 2.75) is 46.1 Å². The summed E-state index contributed by atoms with van der Waals surface area (Å²) in [5.41, 5.74) is 1.11. The van der Waals surface area contributed by atoms with Crippen molar-refractivity contribution < 1.29 is 14.7 Å². The van der Waals surface area contributed by atoms with Gasteiger partial charge < -0.3 is 15.7 Å². The Morgan fingerprint density at radius 2 is 1.87 bits per heavy atom. The van der Waals surface area contributed by atoms with Gasteiger partial charge >= 0.3 is 0 Å². The lowest BCUT2D eigenvalue weighted by molar-refractivity contribution is -0.117. The van der Waals surface area contributed by atoms with Crippen molar-refractivity contribution in [1.82, 2.24) is 5.32 Å². The Hall–Kier alpha value is -1.88. The largest absolute Gasteiger partial charge is 0.393 e. The summed E-state index contributed by atoms with van der Waals surface area (Å²) in [6.07, 6.45) is 2.17. The van der Waals surface area contributed by atoms with E-state index in [4.69, 9.17) is 0 Å². The molecule has 2 amide bonds. The maximum absolute atomic E-state index is 12.2. The number of benzene rings is 1. The van der Waals surface area contributed by atoms with E-state index in [-0.39, 0.29) is 23.1 Å². The molecule has 1 aliphatic carbocycles. The first kappa shape index (κ1) is 17.5. The molecular formula is C18H26N2O3. The minimum absolute atomic E-state index is 0.0575. The van der Waals surface area contributed by atoms with E-state index in [1.807, 2.05) is 13.8 Å². The summed E-state index contributed by atoms with van der Waals surface area (Å²) in [6, 6.07) is 6.91. The number of carbonyl (C=O) groups is 2. The summed E-state index contributed by atoms with van der Waals surface area (Å²) in [7, 11) is 0. The molecule has 1 aromatic carbocycles. The van der Waals surface area contributed by atoms with Gasteiger partial charge in [0.25, 0.3) is 5.91 Å². The van der Waals surface area contributed by atoms with E-state index in [9.17, 15) is 14.7 Å². The highest BCUT2D eigenvalue weighted by Gasteiger charge is 2.29. The lowest BCUT2D eigenvalue weighted by Gasteiger charge is -2.26. The van der Waals surface area contributed by atoms with E-state index in [2.05, 4.69) is 10.6 Å². The minimum Gasteiger partial charge on any atom is -0.393 e. The first-order chi connectivity index (χ1) is 10.8. The number of hydrogen-bond donors (Lipinski definition) is 3. The summed E-state index contributed by atoms with van der Waals surface area (Å²) in [4.78, 5) is 23.9. The highest BCUT2D eigenvalue weighted by atomic mass is 16.3. The second kappa shape index (κ2) is 7.13. The standard InChI is InChI=1S/C18H26N2O3/c1-12(21)10-18(2,3)11-19-16(22)13-6-8-15(9-7-13)20-17(23)14-4-5-14/h6-9,12,14,21H,4-5,10-11H2,1-3H3,(H,19,22)(H,20,23). The lowest BCUT2D eigenvalue weighted by atomic mass is 9.87. The number of anilines is 1. The smallest absolute Gasteiger partial charge is 0.251 e. The number of hydrogen-bond acceptors (Lipinski definition) is 3. The molecule has 3 N–H and O–H groups in total. The highest BCUT2D eigenvalue weighted by Crippen LogP contribution is 2.30. The van der Waals surface area contributed by atoms with Crippen LogP contribution < -0.4 is 10.6 Å². The van der Waals surface area contributed by atoms with Gasteiger partial charge in [-0.3, -0.25) is 9.59 Å². The zero-order chi connectivity index (χ0) is 17.0. The van der Waals surface area contributed by atoms with E-state index >= 15 is 0 Å². The molecule has 1 fully saturated rings. The van der Waals surface area contributed by atoms with Crippen LogP contribution in [-0.2, 0) is 4.79 Å². The van der Waals surface area contributed by atoms with Crippen molar-refractivity contribution in [2.75, 3.05) is 11.9 Å². The van der Waals surface area contributed by atoms with Crippen LogP contribution in [-0.4, -0.2) is 29.6 Å². The van der Waals surface area contributed by atoms with Gasteiger partial charge in [-0.1, -0.05) is 13.8 Å². The Morgan fingerprint density at radius 3 is 2.39 bits per heavy atom. The molecule has 2 rings (SSSR count). The second-order valence-corrected chi connectivity index (χ2v) is 7.24. The first-order valence-electron chi connectivity index (χ1n) is 8.14. The molecule has 5 heteroatoms. The van der Waals surface area contributed by atoms with E-state index in [1.165, 1.54) is 0 Å². The number of nitrogens with one attached hydrogen (secondary N) is 2. The Morgan fingerprint density at radius 1 is 1.26 bits per heavy atom. The Bertz CT molecular complexity index is 560. The maximum Gasteiger partial charge on any atom is 0.251 e. The predicted molar refractivity (Wildman–Crippen MR) is 90.2 cm³/mol. The van der Waals surface area contributed by atoms with Gasteiger partial charge in [-0.2, -0.15) is 0 Å². The van der Waals surface area contributed by atoms with E-state index in [1.54, 1.807) is 31.2 Å². The van der Waals surface area contributed by atoms with Gasteiger partial charge in [-0.05, 0) is 55.9 Å². The van der Waals surface area contributed by atoms with Gasteiger partial charge in [0.15, 0.2) is 0 Å². The molecule has 0 spiro atoms. The summed E-state index contributed by atoms with van der Waals surface area (Å²) in [5.74, 6) is 0.0694. The molecule has 0 aliphatic heterocycles. The van der Waals surface area contributed by atoms with Crippen LogP contribution in [0.1, 0.15) is 50.4 Å². The monoisotopic (exact) mass is 318 g/mol. The van der Waals surface area contributed by atoms with Crippen molar-refractivity contribution in [3.63, 3.8) is 0 Å². The fourth-order valence-corrected chi connectivity index (χ4v) is 2.59. The molecule has 1 atom stereocenters. The fraction of sp³-hybridized carbons (Fsp3) is 0.556. The number of amides is 2. The third kappa shape index (κ3) is 5.67. The van der Waals surface area contributed by atoms with Gasteiger partial charge in [0.1, 0.15) is 0 Å². The molecule has 1 aromatic rings. The SMILES string of the molecule is CC(O)CC(C)(C)CNC(=O)c1ccc(NC(=O)C2CC2)cc1. The van der Waals surface area contributed by atoms with Gasteiger partial charge in [-0.25, -0.2) is 0 Å². The normalized spacial score (nSPS) is 15.8. The molecule has 0 bridgehead atoms. The van der Waals surface area contributed by atoms with Gasteiger partial charge in [0, 0.05) is 23.7 Å². The topological polar surface area (TPSA) is 78.4 Å². The van der Waals surface area contributed by atoms with Crippen LogP contribution in [0.2, 0.25) is 0 Å². The fourth-order valence-electron chi connectivity index (χ4n) is 2.59. The molecule has 1 saturated carbocycles. The van der Waals surface area contributed by atoms with Crippen molar-refractivity contribution in [1.29, 1.82) is 0 Å². The molecule has 23 heavy (non-hydrogen) atoms. The summed E-state index contributed by atoms with van der Waals surface area (Å²) >= 11 is 0. The predicted octanol–water partition coefficient (Wildman–Crippen LogP) is 2.56. The molecule has 1 aliphatic rings. The minimum atomic E-state index is -0.392. The van der Waals surface area contributed by atoms with Crippen LogP contribution in [0.15, 0.2) is 24.3 Å². The third-order valence-corrected chi connectivity index (χ3v) is 3.94. The molecule has 126 valence electrons. The van der Waals surface area contributed by atoms with Crippen molar-refractivity contribution in [3.05, 3.63) is 29.8 Å². The van der Waals surface area contributed by atoms with E-state index in [0.717, 1.165) is 12.8 Å². The first-order valence-corrected chi connectivity index (χ1v) is 8.14. The van der Waals surface area contributed by atoms with Crippen LogP contribution >= 0.6 is 0 Å². The second-order valence-electron chi connectivity index (χ2n) is 7.24. The van der Waals surface area contributed by atoms with Crippen LogP contribution in [0.5, 0.6) is 0 Å². The van der Waals surface area contributed by atoms with Crippen molar-refractivity contribution in [2.24, 2.45) is 11.3 Å². The van der Waals surface area contributed by atoms with Crippen molar-refractivity contribution >= 4 is 17.5 Å². The average Bonchev–Trinajstić information content (AvgIpc) is 3.29. The van der Waals surface area contributed by atoms with Crippen LogP contribution in [0.3, 0.4) is 0 Å².